The number of rotatable bonds is 1. The van der Waals surface area contributed by atoms with Gasteiger partial charge in [-0.15, -0.1) is 11.3 Å². The Morgan fingerprint density at radius 2 is 1.70 bits per heavy atom. The van der Waals surface area contributed by atoms with E-state index in [1.165, 1.54) is 11.3 Å². The summed E-state index contributed by atoms with van der Waals surface area (Å²) in [4.78, 5) is 0. The van der Waals surface area contributed by atoms with Gasteiger partial charge in [-0.25, -0.2) is 8.78 Å². The molecule has 0 saturated carbocycles. The largest absolute Gasteiger partial charge is 0.373 e. The van der Waals surface area contributed by atoms with E-state index in [-0.39, 0.29) is 17.7 Å². The van der Waals surface area contributed by atoms with E-state index in [2.05, 4.69) is 6.92 Å². The van der Waals surface area contributed by atoms with Gasteiger partial charge in [-0.3, -0.25) is 0 Å². The Hall–Kier alpha value is -1.52. The van der Waals surface area contributed by atoms with Gasteiger partial charge in [0.25, 0.3) is 0 Å². The summed E-state index contributed by atoms with van der Waals surface area (Å²) in [6.07, 6.45) is 1.69. The second-order valence-corrected chi connectivity index (χ2v) is 7.55. The fraction of sp³-hybridized carbons (Fsp3) is 0.368. The number of halogens is 2. The summed E-state index contributed by atoms with van der Waals surface area (Å²) in [5, 5.41) is 1.58. The minimum absolute atomic E-state index is 0.188. The predicted octanol–water partition coefficient (Wildman–Crippen LogP) is 6.13. The topological polar surface area (TPSA) is 9.23 Å². The normalized spacial score (nSPS) is 22.1. The Morgan fingerprint density at radius 1 is 1.00 bits per heavy atom. The number of thiophene rings is 1. The van der Waals surface area contributed by atoms with Crippen LogP contribution in [-0.4, -0.2) is 6.61 Å². The van der Waals surface area contributed by atoms with Crippen molar-refractivity contribution in [3.05, 3.63) is 47.0 Å². The number of ether oxygens (including phenoxy) is 1. The van der Waals surface area contributed by atoms with Crippen LogP contribution in [0.15, 0.2) is 24.3 Å². The van der Waals surface area contributed by atoms with E-state index < -0.39 is 0 Å². The number of hydrogen-bond acceptors (Lipinski definition) is 2. The smallest absolute Gasteiger partial charge is 0.146 e. The molecule has 1 aliphatic rings. The van der Waals surface area contributed by atoms with Crippen LogP contribution in [0.5, 0.6) is 0 Å². The number of benzene rings is 2. The summed E-state index contributed by atoms with van der Waals surface area (Å²) in [5.74, 6) is 0.0344. The summed E-state index contributed by atoms with van der Waals surface area (Å²) in [6, 6.07) is 7.34. The minimum atomic E-state index is -0.250. The molecular weight excluding hydrogens is 314 g/mol. The van der Waals surface area contributed by atoms with Gasteiger partial charge in [0.05, 0.1) is 15.5 Å². The fourth-order valence-corrected chi connectivity index (χ4v) is 4.57. The molecule has 1 saturated heterocycles. The van der Waals surface area contributed by atoms with Crippen molar-refractivity contribution in [3.8, 4) is 0 Å². The highest BCUT2D eigenvalue weighted by Crippen LogP contribution is 2.41. The highest BCUT2D eigenvalue weighted by atomic mass is 32.1. The van der Waals surface area contributed by atoms with E-state index in [1.807, 2.05) is 18.2 Å². The van der Waals surface area contributed by atoms with E-state index in [0.717, 1.165) is 23.6 Å². The van der Waals surface area contributed by atoms with Gasteiger partial charge >= 0.3 is 0 Å². The van der Waals surface area contributed by atoms with Gasteiger partial charge in [-0.1, -0.05) is 31.2 Å². The molecule has 2 atom stereocenters. The molecule has 4 rings (SSSR count). The average molecular weight is 332 g/mol. The van der Waals surface area contributed by atoms with Crippen LogP contribution in [0.1, 0.15) is 37.0 Å². The van der Waals surface area contributed by atoms with Gasteiger partial charge < -0.3 is 4.74 Å². The molecule has 0 N–H and O–H groups in total. The van der Waals surface area contributed by atoms with Crippen molar-refractivity contribution in [2.75, 3.05) is 6.61 Å². The zero-order valence-corrected chi connectivity index (χ0v) is 14.0. The van der Waals surface area contributed by atoms with Crippen LogP contribution in [0, 0.1) is 24.5 Å². The molecule has 2 heterocycles. The van der Waals surface area contributed by atoms with E-state index in [1.54, 1.807) is 13.0 Å². The van der Waals surface area contributed by atoms with Gasteiger partial charge in [0.2, 0.25) is 0 Å². The van der Waals surface area contributed by atoms with Crippen LogP contribution in [0.25, 0.3) is 20.2 Å². The third-order valence-electron chi connectivity index (χ3n) is 4.76. The minimum Gasteiger partial charge on any atom is -0.373 e. The Kier molecular flexibility index (Phi) is 3.62. The quantitative estimate of drug-likeness (QED) is 0.521. The van der Waals surface area contributed by atoms with Crippen molar-refractivity contribution in [1.29, 1.82) is 0 Å². The van der Waals surface area contributed by atoms with Crippen molar-refractivity contribution in [2.24, 2.45) is 5.92 Å². The molecule has 4 heteroatoms. The summed E-state index contributed by atoms with van der Waals surface area (Å²) >= 11 is 1.20. The molecule has 2 aromatic carbocycles. The van der Waals surface area contributed by atoms with Crippen molar-refractivity contribution in [3.63, 3.8) is 0 Å². The molecule has 3 aromatic rings. The lowest BCUT2D eigenvalue weighted by Crippen LogP contribution is -2.19. The third-order valence-corrected chi connectivity index (χ3v) is 5.97. The van der Waals surface area contributed by atoms with Crippen LogP contribution in [0.4, 0.5) is 8.78 Å². The Morgan fingerprint density at radius 3 is 2.39 bits per heavy atom. The first-order chi connectivity index (χ1) is 11.1. The standard InChI is InChI=1S/C19H18F2OS/c1-10-3-8-15(22-9-10)14-7-6-13-12-5-4-11(2)16(20)18(12)23-19(13)17(14)21/h4-7,10,15H,3,8-9H2,1-2H3. The number of aryl methyl sites for hydroxylation is 1. The average Bonchev–Trinajstić information content (AvgIpc) is 2.93. The van der Waals surface area contributed by atoms with Gasteiger partial charge in [0.15, 0.2) is 0 Å². The van der Waals surface area contributed by atoms with Crippen LogP contribution in [0.2, 0.25) is 0 Å². The molecule has 1 fully saturated rings. The maximum Gasteiger partial charge on any atom is 0.146 e. The summed E-state index contributed by atoms with van der Waals surface area (Å²) in [6.45, 7) is 4.55. The molecule has 1 aliphatic heterocycles. The second-order valence-electron chi connectivity index (χ2n) is 6.53. The SMILES string of the molecule is Cc1ccc2c(sc3c(F)c(C4CCC(C)CO4)ccc32)c1F. The lowest BCUT2D eigenvalue weighted by atomic mass is 9.95. The lowest BCUT2D eigenvalue weighted by Gasteiger charge is -2.27. The maximum atomic E-state index is 15.0. The highest BCUT2D eigenvalue weighted by molar-refractivity contribution is 7.25. The highest BCUT2D eigenvalue weighted by Gasteiger charge is 2.25. The Balaban J connectivity index is 1.88. The van der Waals surface area contributed by atoms with E-state index in [0.29, 0.717) is 33.1 Å². The molecular formula is C19H18F2OS. The molecule has 0 aliphatic carbocycles. The van der Waals surface area contributed by atoms with Gasteiger partial charge in [-0.2, -0.15) is 0 Å². The van der Waals surface area contributed by atoms with Crippen LogP contribution >= 0.6 is 11.3 Å². The molecule has 1 nitrogen and oxygen atoms in total. The fourth-order valence-electron chi connectivity index (χ4n) is 3.33. The molecule has 23 heavy (non-hydrogen) atoms. The molecule has 2 unspecified atom stereocenters. The van der Waals surface area contributed by atoms with Crippen molar-refractivity contribution in [1.82, 2.24) is 0 Å². The zero-order chi connectivity index (χ0) is 16.1. The molecule has 1 aromatic heterocycles. The first-order valence-corrected chi connectivity index (χ1v) is 8.79. The number of fused-ring (bicyclic) bond motifs is 3. The first-order valence-electron chi connectivity index (χ1n) is 7.97. The lowest BCUT2D eigenvalue weighted by molar-refractivity contribution is -0.0140. The second kappa shape index (κ2) is 5.53. The van der Waals surface area contributed by atoms with E-state index in [9.17, 15) is 4.39 Å². The predicted molar refractivity (Wildman–Crippen MR) is 91.1 cm³/mol. The monoisotopic (exact) mass is 332 g/mol. The summed E-state index contributed by atoms with van der Waals surface area (Å²) < 4.78 is 36.2. The molecule has 0 radical (unpaired) electrons. The molecule has 0 amide bonds. The van der Waals surface area contributed by atoms with Gasteiger partial charge in [-0.05, 0) is 31.2 Å². The first kappa shape index (κ1) is 15.0. The molecule has 0 spiro atoms. The maximum absolute atomic E-state index is 15.0. The van der Waals surface area contributed by atoms with Crippen molar-refractivity contribution < 1.29 is 13.5 Å². The summed E-state index contributed by atoms with van der Waals surface area (Å²) in [7, 11) is 0. The van der Waals surface area contributed by atoms with Crippen LogP contribution in [-0.2, 0) is 4.74 Å². The molecule has 120 valence electrons. The zero-order valence-electron chi connectivity index (χ0n) is 13.2. The van der Waals surface area contributed by atoms with Crippen LogP contribution in [0.3, 0.4) is 0 Å². The van der Waals surface area contributed by atoms with Gasteiger partial charge in [0.1, 0.15) is 11.6 Å². The Labute approximate surface area is 137 Å². The van der Waals surface area contributed by atoms with E-state index >= 15 is 4.39 Å². The Bertz CT molecular complexity index is 891. The van der Waals surface area contributed by atoms with E-state index in [4.69, 9.17) is 4.74 Å². The molecule has 0 bridgehead atoms. The van der Waals surface area contributed by atoms with Crippen molar-refractivity contribution in [2.45, 2.75) is 32.8 Å². The van der Waals surface area contributed by atoms with Gasteiger partial charge in [0, 0.05) is 22.9 Å². The van der Waals surface area contributed by atoms with Crippen LogP contribution < -0.4 is 0 Å². The van der Waals surface area contributed by atoms with Crippen molar-refractivity contribution >= 4 is 31.5 Å². The number of hydrogen-bond donors (Lipinski definition) is 0. The third kappa shape index (κ3) is 2.36. The summed E-state index contributed by atoms with van der Waals surface area (Å²) in [5.41, 5.74) is 1.20.